The molecule has 0 radical (unpaired) electrons. The van der Waals surface area contributed by atoms with E-state index in [1.807, 2.05) is 56.6 Å². The number of pyridine rings is 2. The molecule has 1 saturated carbocycles. The molecule has 1 unspecified atom stereocenters. The summed E-state index contributed by atoms with van der Waals surface area (Å²) in [6, 6.07) is 17.1. The quantitative estimate of drug-likeness (QED) is 0.456. The molecule has 3 aromatic heterocycles. The molecule has 32 heavy (non-hydrogen) atoms. The maximum absolute atomic E-state index is 12.5. The van der Waals surface area contributed by atoms with Gasteiger partial charge in [-0.1, -0.05) is 24.3 Å². The monoisotopic (exact) mass is 424 g/mol. The Bertz CT molecular complexity index is 1300. The summed E-state index contributed by atoms with van der Waals surface area (Å²) in [6.07, 6.45) is 6.56. The van der Waals surface area contributed by atoms with E-state index in [0.717, 1.165) is 28.9 Å². The van der Waals surface area contributed by atoms with Crippen molar-refractivity contribution in [2.75, 3.05) is 6.61 Å². The predicted octanol–water partition coefficient (Wildman–Crippen LogP) is 4.49. The van der Waals surface area contributed by atoms with Crippen LogP contribution in [0, 0.1) is 19.8 Å². The molecule has 0 amide bonds. The van der Waals surface area contributed by atoms with Crippen LogP contribution in [0.25, 0.3) is 16.8 Å². The Labute approximate surface area is 186 Å². The van der Waals surface area contributed by atoms with Crippen LogP contribution < -0.4 is 10.3 Å². The summed E-state index contributed by atoms with van der Waals surface area (Å²) >= 11 is 0. The standard InChI is InChI=1S/C26H24N4O2/c1-17-8-10-24(28-13-17)22-12-20(22)16-32-26-23(14-27-18(2)29-26)19-9-11-25(31)30(15-19)21-6-4-3-5-7-21/h3-11,13-15,20,22H,12,16H2,1-2H3/t20?,22-/m1/s1. The third-order valence-corrected chi connectivity index (χ3v) is 5.80. The Morgan fingerprint density at radius 3 is 2.62 bits per heavy atom. The number of benzene rings is 1. The van der Waals surface area contributed by atoms with Crippen molar-refractivity contribution in [3.8, 4) is 22.7 Å². The first-order chi connectivity index (χ1) is 15.6. The molecular formula is C26H24N4O2. The zero-order valence-corrected chi connectivity index (χ0v) is 18.1. The van der Waals surface area contributed by atoms with Gasteiger partial charge in [0.15, 0.2) is 0 Å². The van der Waals surface area contributed by atoms with E-state index in [1.54, 1.807) is 22.9 Å². The molecule has 3 heterocycles. The average Bonchev–Trinajstić information content (AvgIpc) is 3.59. The second kappa shape index (κ2) is 8.38. The molecule has 1 aliphatic rings. The van der Waals surface area contributed by atoms with Crippen LogP contribution in [-0.4, -0.2) is 26.1 Å². The molecule has 6 heteroatoms. The third kappa shape index (κ3) is 4.17. The van der Waals surface area contributed by atoms with Gasteiger partial charge in [-0.2, -0.15) is 4.98 Å². The molecule has 0 aliphatic heterocycles. The first-order valence-corrected chi connectivity index (χ1v) is 10.8. The molecule has 0 N–H and O–H groups in total. The number of hydrogen-bond donors (Lipinski definition) is 0. The van der Waals surface area contributed by atoms with Gasteiger partial charge in [0.2, 0.25) is 5.88 Å². The van der Waals surface area contributed by atoms with Crippen LogP contribution in [0.3, 0.4) is 0 Å². The minimum Gasteiger partial charge on any atom is -0.477 e. The molecule has 6 nitrogen and oxygen atoms in total. The Kier molecular flexibility index (Phi) is 5.27. The van der Waals surface area contributed by atoms with Crippen molar-refractivity contribution in [2.24, 2.45) is 5.92 Å². The van der Waals surface area contributed by atoms with E-state index >= 15 is 0 Å². The smallest absolute Gasteiger partial charge is 0.255 e. The molecule has 2 atom stereocenters. The topological polar surface area (TPSA) is 69.9 Å². The summed E-state index contributed by atoms with van der Waals surface area (Å²) in [5.41, 5.74) is 4.60. The van der Waals surface area contributed by atoms with E-state index in [1.165, 1.54) is 5.56 Å². The SMILES string of the molecule is Cc1ccc([C@@H]2CC2COc2nc(C)ncc2-c2ccc(=O)n(-c3ccccc3)c2)nc1. The number of aryl methyl sites for hydroxylation is 2. The van der Waals surface area contributed by atoms with Crippen molar-refractivity contribution in [3.05, 3.63) is 101 Å². The summed E-state index contributed by atoms with van der Waals surface area (Å²) in [5.74, 6) is 2.04. The lowest BCUT2D eigenvalue weighted by Crippen LogP contribution is -2.16. The van der Waals surface area contributed by atoms with Gasteiger partial charge in [-0.15, -0.1) is 0 Å². The van der Waals surface area contributed by atoms with Gasteiger partial charge >= 0.3 is 0 Å². The van der Waals surface area contributed by atoms with Gasteiger partial charge in [0.05, 0.1) is 12.2 Å². The number of nitrogens with zero attached hydrogens (tertiary/aromatic N) is 4. The van der Waals surface area contributed by atoms with Crippen molar-refractivity contribution < 1.29 is 4.74 Å². The molecule has 1 aromatic carbocycles. The van der Waals surface area contributed by atoms with Gasteiger partial charge < -0.3 is 4.74 Å². The van der Waals surface area contributed by atoms with Gasteiger partial charge in [0.25, 0.3) is 5.56 Å². The van der Waals surface area contributed by atoms with E-state index in [2.05, 4.69) is 27.1 Å². The van der Waals surface area contributed by atoms with Crippen LogP contribution in [-0.2, 0) is 0 Å². The largest absolute Gasteiger partial charge is 0.477 e. The maximum atomic E-state index is 12.5. The highest BCUT2D eigenvalue weighted by Crippen LogP contribution is 2.47. The van der Waals surface area contributed by atoms with Gasteiger partial charge in [0.1, 0.15) is 5.82 Å². The first kappa shape index (κ1) is 20.1. The van der Waals surface area contributed by atoms with Crippen molar-refractivity contribution in [3.63, 3.8) is 0 Å². The normalized spacial score (nSPS) is 17.2. The number of ether oxygens (including phenoxy) is 1. The Morgan fingerprint density at radius 2 is 1.84 bits per heavy atom. The van der Waals surface area contributed by atoms with Crippen molar-refractivity contribution in [1.29, 1.82) is 0 Å². The highest BCUT2D eigenvalue weighted by molar-refractivity contribution is 5.67. The fourth-order valence-electron chi connectivity index (χ4n) is 3.87. The van der Waals surface area contributed by atoms with Gasteiger partial charge in [-0.3, -0.25) is 14.3 Å². The average molecular weight is 425 g/mol. The molecule has 0 saturated heterocycles. The molecule has 1 aliphatic carbocycles. The first-order valence-electron chi connectivity index (χ1n) is 10.8. The molecule has 0 spiro atoms. The number of aromatic nitrogens is 4. The lowest BCUT2D eigenvalue weighted by Gasteiger charge is -2.13. The Hall–Kier alpha value is -3.80. The van der Waals surface area contributed by atoms with Gasteiger partial charge in [0, 0.05) is 53.4 Å². The fourth-order valence-corrected chi connectivity index (χ4v) is 3.87. The van der Waals surface area contributed by atoms with Crippen LogP contribution in [0.5, 0.6) is 5.88 Å². The highest BCUT2D eigenvalue weighted by Gasteiger charge is 2.40. The molecule has 5 rings (SSSR count). The summed E-state index contributed by atoms with van der Waals surface area (Å²) in [5, 5.41) is 0. The lowest BCUT2D eigenvalue weighted by molar-refractivity contribution is 0.285. The molecule has 4 aromatic rings. The van der Waals surface area contributed by atoms with Crippen LogP contribution in [0.2, 0.25) is 0 Å². The van der Waals surface area contributed by atoms with Crippen LogP contribution in [0.1, 0.15) is 29.4 Å². The fraction of sp³-hybridized carbons (Fsp3) is 0.231. The van der Waals surface area contributed by atoms with Crippen molar-refractivity contribution in [2.45, 2.75) is 26.2 Å². The maximum Gasteiger partial charge on any atom is 0.255 e. The van der Waals surface area contributed by atoms with E-state index in [0.29, 0.717) is 30.1 Å². The zero-order chi connectivity index (χ0) is 22.1. The minimum atomic E-state index is -0.0955. The van der Waals surface area contributed by atoms with Crippen molar-refractivity contribution in [1.82, 2.24) is 19.5 Å². The predicted molar refractivity (Wildman–Crippen MR) is 123 cm³/mol. The molecule has 160 valence electrons. The third-order valence-electron chi connectivity index (χ3n) is 5.80. The summed E-state index contributed by atoms with van der Waals surface area (Å²) in [4.78, 5) is 25.9. The Balaban J connectivity index is 1.39. The number of hydrogen-bond acceptors (Lipinski definition) is 5. The van der Waals surface area contributed by atoms with E-state index in [4.69, 9.17) is 4.74 Å². The van der Waals surface area contributed by atoms with Crippen LogP contribution >= 0.6 is 0 Å². The number of rotatable bonds is 6. The second-order valence-electron chi connectivity index (χ2n) is 8.27. The summed E-state index contributed by atoms with van der Waals surface area (Å²) in [7, 11) is 0. The van der Waals surface area contributed by atoms with E-state index < -0.39 is 0 Å². The molecule has 1 fully saturated rings. The highest BCUT2D eigenvalue weighted by atomic mass is 16.5. The van der Waals surface area contributed by atoms with Crippen LogP contribution in [0.15, 0.2) is 78.0 Å². The van der Waals surface area contributed by atoms with Gasteiger partial charge in [-0.25, -0.2) is 4.98 Å². The van der Waals surface area contributed by atoms with Crippen molar-refractivity contribution >= 4 is 0 Å². The second-order valence-corrected chi connectivity index (χ2v) is 8.27. The lowest BCUT2D eigenvalue weighted by atomic mass is 10.1. The summed E-state index contributed by atoms with van der Waals surface area (Å²) in [6.45, 7) is 4.46. The zero-order valence-electron chi connectivity index (χ0n) is 18.1. The Morgan fingerprint density at radius 1 is 1.00 bits per heavy atom. The summed E-state index contributed by atoms with van der Waals surface area (Å²) < 4.78 is 7.81. The van der Waals surface area contributed by atoms with E-state index in [-0.39, 0.29) is 5.56 Å². The number of para-hydroxylation sites is 1. The molecule has 0 bridgehead atoms. The van der Waals surface area contributed by atoms with E-state index in [9.17, 15) is 4.79 Å². The molecular weight excluding hydrogens is 400 g/mol. The van der Waals surface area contributed by atoms with Crippen LogP contribution in [0.4, 0.5) is 0 Å². The minimum absolute atomic E-state index is 0.0955. The van der Waals surface area contributed by atoms with Gasteiger partial charge in [-0.05, 0) is 50.1 Å².